The number of aliphatic imine (C=N–C) groups is 1. The molecule has 0 saturated carbocycles. The molecule has 1 N–H and O–H groups in total. The van der Waals surface area contributed by atoms with Gasteiger partial charge >= 0.3 is 0 Å². The largest absolute Gasteiger partial charge is 0.492 e. The van der Waals surface area contributed by atoms with Crippen LogP contribution in [0.1, 0.15) is 18.9 Å². The van der Waals surface area contributed by atoms with Crippen LogP contribution in [0.4, 0.5) is 0 Å². The molecule has 1 aromatic rings. The minimum Gasteiger partial charge on any atom is -0.492 e. The fourth-order valence-corrected chi connectivity index (χ4v) is 1.80. The molecule has 0 bridgehead atoms. The van der Waals surface area contributed by atoms with Gasteiger partial charge in [0, 0.05) is 12.1 Å². The molecular formula is C12H15ClN2O. The normalized spacial score (nSPS) is 14.5. The molecule has 0 radical (unpaired) electrons. The van der Waals surface area contributed by atoms with Crippen LogP contribution in [0.3, 0.4) is 0 Å². The topological polar surface area (TPSA) is 33.6 Å². The summed E-state index contributed by atoms with van der Waals surface area (Å²) in [5.41, 5.74) is 1.02. The molecule has 1 aliphatic rings. The number of nitrogens with zero attached hydrogens (tertiary/aromatic N) is 1. The maximum atomic E-state index is 6.14. The summed E-state index contributed by atoms with van der Waals surface area (Å²) in [5.74, 6) is 1.66. The van der Waals surface area contributed by atoms with Gasteiger partial charge in [-0.1, -0.05) is 18.5 Å². The Morgan fingerprint density at radius 3 is 3.00 bits per heavy atom. The molecule has 1 heterocycles. The van der Waals surface area contributed by atoms with Crippen molar-refractivity contribution in [2.24, 2.45) is 4.99 Å². The first-order valence-electron chi connectivity index (χ1n) is 5.52. The van der Waals surface area contributed by atoms with Crippen molar-refractivity contribution in [2.75, 3.05) is 19.7 Å². The SMILES string of the molecule is CCCOc1ccc(C2=NCCN2)cc1Cl. The maximum absolute atomic E-state index is 6.14. The van der Waals surface area contributed by atoms with Gasteiger partial charge in [-0.3, -0.25) is 4.99 Å². The summed E-state index contributed by atoms with van der Waals surface area (Å²) in [6.07, 6.45) is 0.979. The van der Waals surface area contributed by atoms with Crippen LogP contribution in [-0.4, -0.2) is 25.5 Å². The molecule has 1 aliphatic heterocycles. The van der Waals surface area contributed by atoms with Crippen LogP contribution in [-0.2, 0) is 0 Å². The predicted octanol–water partition coefficient (Wildman–Crippen LogP) is 2.48. The van der Waals surface area contributed by atoms with Crippen molar-refractivity contribution in [1.82, 2.24) is 5.32 Å². The zero-order valence-electron chi connectivity index (χ0n) is 9.29. The van der Waals surface area contributed by atoms with E-state index in [1.165, 1.54) is 0 Å². The first-order chi connectivity index (χ1) is 7.81. The molecular weight excluding hydrogens is 224 g/mol. The molecule has 0 unspecified atom stereocenters. The van der Waals surface area contributed by atoms with Crippen molar-refractivity contribution < 1.29 is 4.74 Å². The Hall–Kier alpha value is -1.22. The van der Waals surface area contributed by atoms with Gasteiger partial charge in [0.1, 0.15) is 11.6 Å². The molecule has 0 fully saturated rings. The van der Waals surface area contributed by atoms with Crippen LogP contribution < -0.4 is 10.1 Å². The van der Waals surface area contributed by atoms with E-state index in [-0.39, 0.29) is 0 Å². The fraction of sp³-hybridized carbons (Fsp3) is 0.417. The second kappa shape index (κ2) is 5.21. The molecule has 0 spiro atoms. The van der Waals surface area contributed by atoms with Crippen molar-refractivity contribution >= 4 is 17.4 Å². The van der Waals surface area contributed by atoms with E-state index in [1.807, 2.05) is 18.2 Å². The average molecular weight is 239 g/mol. The summed E-state index contributed by atoms with van der Waals surface area (Å²) in [4.78, 5) is 4.34. The number of rotatable bonds is 4. The summed E-state index contributed by atoms with van der Waals surface area (Å²) in [5, 5.41) is 3.85. The Labute approximate surface area is 100 Å². The zero-order chi connectivity index (χ0) is 11.4. The van der Waals surface area contributed by atoms with Gasteiger partial charge in [0.2, 0.25) is 0 Å². The van der Waals surface area contributed by atoms with Crippen LogP contribution in [0.5, 0.6) is 5.75 Å². The van der Waals surface area contributed by atoms with Crippen molar-refractivity contribution in [3.8, 4) is 5.75 Å². The number of amidine groups is 1. The van der Waals surface area contributed by atoms with Gasteiger partial charge in [0.05, 0.1) is 18.2 Å². The molecule has 3 nitrogen and oxygen atoms in total. The quantitative estimate of drug-likeness (QED) is 0.875. The third kappa shape index (κ3) is 2.47. The average Bonchev–Trinajstić information content (AvgIpc) is 2.81. The summed E-state index contributed by atoms with van der Waals surface area (Å²) in [6.45, 7) is 4.50. The Balaban J connectivity index is 2.15. The van der Waals surface area contributed by atoms with Crippen LogP contribution in [0.2, 0.25) is 5.02 Å². The van der Waals surface area contributed by atoms with Gasteiger partial charge in [-0.05, 0) is 24.6 Å². The first kappa shape index (κ1) is 11.3. The zero-order valence-corrected chi connectivity index (χ0v) is 10.0. The molecule has 0 aromatic heterocycles. The minimum absolute atomic E-state index is 0.641. The van der Waals surface area contributed by atoms with E-state index in [1.54, 1.807) is 0 Å². The first-order valence-corrected chi connectivity index (χ1v) is 5.90. The van der Waals surface area contributed by atoms with E-state index in [0.29, 0.717) is 11.6 Å². The molecule has 0 amide bonds. The smallest absolute Gasteiger partial charge is 0.137 e. The number of halogens is 1. The molecule has 1 aromatic carbocycles. The van der Waals surface area contributed by atoms with Crippen molar-refractivity contribution in [1.29, 1.82) is 0 Å². The molecule has 16 heavy (non-hydrogen) atoms. The summed E-state index contributed by atoms with van der Waals surface area (Å²) < 4.78 is 5.51. The minimum atomic E-state index is 0.641. The summed E-state index contributed by atoms with van der Waals surface area (Å²) >= 11 is 6.14. The van der Waals surface area contributed by atoms with Gasteiger partial charge in [-0.2, -0.15) is 0 Å². The Kier molecular flexibility index (Phi) is 3.67. The fourth-order valence-electron chi connectivity index (χ4n) is 1.57. The van der Waals surface area contributed by atoms with E-state index < -0.39 is 0 Å². The Morgan fingerprint density at radius 1 is 1.50 bits per heavy atom. The lowest BCUT2D eigenvalue weighted by molar-refractivity contribution is 0.317. The summed E-state index contributed by atoms with van der Waals surface area (Å²) in [7, 11) is 0. The van der Waals surface area contributed by atoms with Crippen LogP contribution in [0.25, 0.3) is 0 Å². The second-order valence-corrected chi connectivity index (χ2v) is 4.06. The molecule has 4 heteroatoms. The lowest BCUT2D eigenvalue weighted by atomic mass is 10.2. The van der Waals surface area contributed by atoms with Gasteiger partial charge in [0.15, 0.2) is 0 Å². The van der Waals surface area contributed by atoms with E-state index in [9.17, 15) is 0 Å². The van der Waals surface area contributed by atoms with Crippen molar-refractivity contribution in [2.45, 2.75) is 13.3 Å². The highest BCUT2D eigenvalue weighted by atomic mass is 35.5. The highest BCUT2D eigenvalue weighted by Crippen LogP contribution is 2.25. The summed E-state index contributed by atoms with van der Waals surface area (Å²) in [6, 6.07) is 5.77. The number of hydrogen-bond donors (Lipinski definition) is 1. The number of ether oxygens (including phenoxy) is 1. The third-order valence-electron chi connectivity index (χ3n) is 2.34. The molecule has 0 atom stereocenters. The van der Waals surface area contributed by atoms with Gasteiger partial charge in [-0.15, -0.1) is 0 Å². The molecule has 0 aliphatic carbocycles. The van der Waals surface area contributed by atoms with Crippen LogP contribution in [0.15, 0.2) is 23.2 Å². The van der Waals surface area contributed by atoms with E-state index in [0.717, 1.165) is 36.7 Å². The number of benzene rings is 1. The van der Waals surface area contributed by atoms with E-state index in [4.69, 9.17) is 16.3 Å². The number of hydrogen-bond acceptors (Lipinski definition) is 3. The van der Waals surface area contributed by atoms with E-state index in [2.05, 4.69) is 17.2 Å². The Morgan fingerprint density at radius 2 is 2.38 bits per heavy atom. The van der Waals surface area contributed by atoms with Crippen molar-refractivity contribution in [3.05, 3.63) is 28.8 Å². The highest BCUT2D eigenvalue weighted by Gasteiger charge is 2.10. The standard InChI is InChI=1S/C12H15ClN2O/c1-2-7-16-11-4-3-9(8-10(11)13)12-14-5-6-15-12/h3-4,8H,2,5-7H2,1H3,(H,14,15). The van der Waals surface area contributed by atoms with E-state index >= 15 is 0 Å². The van der Waals surface area contributed by atoms with Crippen molar-refractivity contribution in [3.63, 3.8) is 0 Å². The molecule has 86 valence electrons. The third-order valence-corrected chi connectivity index (χ3v) is 2.64. The lowest BCUT2D eigenvalue weighted by Crippen LogP contribution is -2.19. The predicted molar refractivity (Wildman–Crippen MR) is 66.6 cm³/mol. The van der Waals surface area contributed by atoms with Gasteiger partial charge < -0.3 is 10.1 Å². The molecule has 2 rings (SSSR count). The Bertz CT molecular complexity index is 404. The molecule has 0 saturated heterocycles. The number of nitrogens with one attached hydrogen (secondary N) is 1. The van der Waals surface area contributed by atoms with Gasteiger partial charge in [0.25, 0.3) is 0 Å². The second-order valence-electron chi connectivity index (χ2n) is 3.65. The maximum Gasteiger partial charge on any atom is 0.137 e. The van der Waals surface area contributed by atoms with Gasteiger partial charge in [-0.25, -0.2) is 0 Å². The lowest BCUT2D eigenvalue weighted by Gasteiger charge is -2.08. The monoisotopic (exact) mass is 238 g/mol. The van der Waals surface area contributed by atoms with Crippen LogP contribution in [0, 0.1) is 0 Å². The highest BCUT2D eigenvalue weighted by molar-refractivity contribution is 6.32. The van der Waals surface area contributed by atoms with Crippen LogP contribution >= 0.6 is 11.6 Å².